The average molecular weight is 232 g/mol. The summed E-state index contributed by atoms with van der Waals surface area (Å²) in [6.45, 7) is 0. The van der Waals surface area contributed by atoms with E-state index in [0.717, 1.165) is 6.08 Å². The van der Waals surface area contributed by atoms with E-state index in [-0.39, 0.29) is 0 Å². The van der Waals surface area contributed by atoms with Crippen molar-refractivity contribution in [1.82, 2.24) is 0 Å². The number of hydrogen-bond acceptors (Lipinski definition) is 2. The third kappa shape index (κ3) is 2.94. The topological polar surface area (TPSA) is 49.3 Å². The monoisotopic (exact) mass is 231 g/mol. The Morgan fingerprint density at radius 1 is 1.36 bits per heavy atom. The maximum absolute atomic E-state index is 10.2. The molecule has 0 saturated heterocycles. The minimum absolute atomic E-state index is 0.438. The van der Waals surface area contributed by atoms with Crippen LogP contribution < -0.4 is 5.32 Å². The van der Waals surface area contributed by atoms with Crippen molar-refractivity contribution in [3.05, 3.63) is 40.5 Å². The van der Waals surface area contributed by atoms with E-state index in [1.165, 1.54) is 6.20 Å². The Balaban J connectivity index is 2.81. The molecule has 5 heteroatoms. The molecule has 0 atom stereocenters. The van der Waals surface area contributed by atoms with Crippen molar-refractivity contribution in [1.29, 1.82) is 0 Å². The van der Waals surface area contributed by atoms with Crippen LogP contribution in [0.1, 0.15) is 0 Å². The molecule has 0 aliphatic carbocycles. The molecule has 0 fully saturated rings. The summed E-state index contributed by atoms with van der Waals surface area (Å²) in [5.74, 6) is -1.04. The summed E-state index contributed by atoms with van der Waals surface area (Å²) < 4.78 is 0. The molecule has 1 rings (SSSR count). The summed E-state index contributed by atoms with van der Waals surface area (Å²) in [6, 6.07) is 5.02. The molecule has 0 radical (unpaired) electrons. The predicted octanol–water partition coefficient (Wildman–Crippen LogP) is 3.00. The zero-order valence-electron chi connectivity index (χ0n) is 7.00. The molecule has 0 amide bonds. The van der Waals surface area contributed by atoms with E-state index >= 15 is 0 Å². The number of benzene rings is 1. The summed E-state index contributed by atoms with van der Waals surface area (Å²) in [5, 5.41) is 11.9. The Hall–Kier alpha value is -1.19. The summed E-state index contributed by atoms with van der Waals surface area (Å²) >= 11 is 11.6. The zero-order valence-corrected chi connectivity index (χ0v) is 8.51. The second-order valence-corrected chi connectivity index (χ2v) is 3.23. The van der Waals surface area contributed by atoms with Crippen LogP contribution in [-0.4, -0.2) is 11.1 Å². The first-order valence-electron chi connectivity index (χ1n) is 3.71. The van der Waals surface area contributed by atoms with Gasteiger partial charge >= 0.3 is 5.97 Å². The third-order valence-corrected chi connectivity index (χ3v) is 2.05. The molecule has 0 saturated carbocycles. The van der Waals surface area contributed by atoms with Gasteiger partial charge in [0.1, 0.15) is 0 Å². The molecular formula is C9H7Cl2NO2. The first-order chi connectivity index (χ1) is 6.61. The first-order valence-corrected chi connectivity index (χ1v) is 4.47. The van der Waals surface area contributed by atoms with Crippen LogP contribution in [0.4, 0.5) is 5.69 Å². The number of nitrogens with one attached hydrogen (secondary N) is 1. The van der Waals surface area contributed by atoms with Gasteiger partial charge in [0, 0.05) is 12.3 Å². The molecule has 0 aromatic heterocycles. The van der Waals surface area contributed by atoms with E-state index in [1.807, 2.05) is 0 Å². The lowest BCUT2D eigenvalue weighted by Gasteiger charge is -2.04. The highest BCUT2D eigenvalue weighted by Gasteiger charge is 2.02. The highest BCUT2D eigenvalue weighted by molar-refractivity contribution is 6.39. The van der Waals surface area contributed by atoms with Gasteiger partial charge in [0.25, 0.3) is 0 Å². The van der Waals surface area contributed by atoms with Crippen molar-refractivity contribution >= 4 is 34.9 Å². The van der Waals surface area contributed by atoms with Gasteiger partial charge < -0.3 is 10.4 Å². The Morgan fingerprint density at radius 3 is 2.43 bits per heavy atom. The van der Waals surface area contributed by atoms with Gasteiger partial charge in [-0.15, -0.1) is 0 Å². The van der Waals surface area contributed by atoms with Crippen molar-refractivity contribution in [3.8, 4) is 0 Å². The number of hydrogen-bond donors (Lipinski definition) is 2. The molecule has 0 aliphatic heterocycles. The van der Waals surface area contributed by atoms with E-state index in [2.05, 4.69) is 5.32 Å². The van der Waals surface area contributed by atoms with Gasteiger partial charge in [-0.05, 0) is 12.1 Å². The van der Waals surface area contributed by atoms with E-state index in [1.54, 1.807) is 18.2 Å². The zero-order chi connectivity index (χ0) is 10.6. The van der Waals surface area contributed by atoms with Gasteiger partial charge in [-0.3, -0.25) is 0 Å². The first kappa shape index (κ1) is 10.9. The molecule has 74 valence electrons. The van der Waals surface area contributed by atoms with Crippen molar-refractivity contribution in [2.75, 3.05) is 5.32 Å². The molecule has 0 spiro atoms. The molecule has 0 heterocycles. The average Bonchev–Trinajstić information content (AvgIpc) is 2.09. The fourth-order valence-electron chi connectivity index (χ4n) is 0.832. The smallest absolute Gasteiger partial charge is 0.329 e. The number of para-hydroxylation sites is 1. The standard InChI is InChI=1S/C9H7Cl2NO2/c10-6-2-1-3-7(11)9(6)12-5-4-8(13)14/h1-5,12H,(H,13,14)/b5-4+. The van der Waals surface area contributed by atoms with Crippen LogP contribution in [-0.2, 0) is 4.79 Å². The molecule has 0 unspecified atom stereocenters. The van der Waals surface area contributed by atoms with E-state index in [0.29, 0.717) is 15.7 Å². The van der Waals surface area contributed by atoms with E-state index in [9.17, 15) is 4.79 Å². The second-order valence-electron chi connectivity index (χ2n) is 2.41. The van der Waals surface area contributed by atoms with Gasteiger partial charge in [-0.1, -0.05) is 29.3 Å². The number of halogens is 2. The number of anilines is 1. The number of aliphatic carboxylic acids is 1. The fourth-order valence-corrected chi connectivity index (χ4v) is 1.34. The summed E-state index contributed by atoms with van der Waals surface area (Å²) in [7, 11) is 0. The van der Waals surface area contributed by atoms with Crippen LogP contribution in [0, 0.1) is 0 Å². The van der Waals surface area contributed by atoms with Crippen molar-refractivity contribution < 1.29 is 9.90 Å². The predicted molar refractivity (Wildman–Crippen MR) is 56.9 cm³/mol. The molecule has 1 aromatic carbocycles. The quantitative estimate of drug-likeness (QED) is 0.787. The lowest BCUT2D eigenvalue weighted by atomic mass is 10.3. The Labute approximate surface area is 90.9 Å². The maximum Gasteiger partial charge on any atom is 0.329 e. The van der Waals surface area contributed by atoms with Crippen molar-refractivity contribution in [2.45, 2.75) is 0 Å². The SMILES string of the molecule is O=C(O)/C=C/Nc1c(Cl)cccc1Cl. The van der Waals surface area contributed by atoms with E-state index in [4.69, 9.17) is 28.3 Å². The third-order valence-electron chi connectivity index (χ3n) is 1.42. The van der Waals surface area contributed by atoms with Gasteiger partial charge in [0.15, 0.2) is 0 Å². The number of carbonyl (C=O) groups is 1. The molecule has 0 bridgehead atoms. The van der Waals surface area contributed by atoms with Gasteiger partial charge in [-0.25, -0.2) is 4.79 Å². The minimum atomic E-state index is -1.04. The van der Waals surface area contributed by atoms with Crippen molar-refractivity contribution in [2.24, 2.45) is 0 Å². The molecular weight excluding hydrogens is 225 g/mol. The number of rotatable bonds is 3. The highest BCUT2D eigenvalue weighted by atomic mass is 35.5. The highest BCUT2D eigenvalue weighted by Crippen LogP contribution is 2.29. The summed E-state index contributed by atoms with van der Waals surface area (Å²) in [5.41, 5.74) is 0.494. The maximum atomic E-state index is 10.2. The number of carboxylic acid groups (broad SMARTS) is 1. The minimum Gasteiger partial charge on any atom is -0.478 e. The lowest BCUT2D eigenvalue weighted by molar-refractivity contribution is -0.131. The van der Waals surface area contributed by atoms with Crippen LogP contribution in [0.15, 0.2) is 30.5 Å². The Morgan fingerprint density at radius 2 is 1.93 bits per heavy atom. The van der Waals surface area contributed by atoms with Crippen LogP contribution in [0.2, 0.25) is 10.0 Å². The lowest BCUT2D eigenvalue weighted by Crippen LogP contribution is -1.93. The van der Waals surface area contributed by atoms with Gasteiger partial charge in [-0.2, -0.15) is 0 Å². The van der Waals surface area contributed by atoms with Crippen LogP contribution in [0.25, 0.3) is 0 Å². The summed E-state index contributed by atoms with van der Waals surface area (Å²) in [4.78, 5) is 10.2. The normalized spacial score (nSPS) is 10.4. The molecule has 3 nitrogen and oxygen atoms in total. The largest absolute Gasteiger partial charge is 0.478 e. The second kappa shape index (κ2) is 4.88. The molecule has 2 N–H and O–H groups in total. The van der Waals surface area contributed by atoms with Crippen LogP contribution in [0.3, 0.4) is 0 Å². The summed E-state index contributed by atoms with van der Waals surface area (Å²) in [6.07, 6.45) is 2.22. The van der Waals surface area contributed by atoms with Gasteiger partial charge in [0.2, 0.25) is 0 Å². The van der Waals surface area contributed by atoms with Crippen LogP contribution in [0.5, 0.6) is 0 Å². The van der Waals surface area contributed by atoms with E-state index < -0.39 is 5.97 Å². The molecule has 1 aromatic rings. The van der Waals surface area contributed by atoms with Gasteiger partial charge in [0.05, 0.1) is 15.7 Å². The molecule has 0 aliphatic rings. The Kier molecular flexibility index (Phi) is 3.80. The molecule has 14 heavy (non-hydrogen) atoms. The Bertz CT molecular complexity index is 357. The number of carboxylic acids is 1. The van der Waals surface area contributed by atoms with Crippen molar-refractivity contribution in [3.63, 3.8) is 0 Å². The van der Waals surface area contributed by atoms with Crippen LogP contribution >= 0.6 is 23.2 Å². The fraction of sp³-hybridized carbons (Fsp3) is 0.